The van der Waals surface area contributed by atoms with Crippen LogP contribution in [0.2, 0.25) is 5.02 Å². The molecule has 0 spiro atoms. The van der Waals surface area contributed by atoms with Crippen molar-refractivity contribution in [3.05, 3.63) is 28.0 Å². The Balaban J connectivity index is 3.02. The number of rotatable bonds is 0. The summed E-state index contributed by atoms with van der Waals surface area (Å²) in [5.74, 6) is 0. The molecule has 0 aromatic carbocycles. The van der Waals surface area contributed by atoms with Crippen LogP contribution < -0.4 is 0 Å². The predicted octanol–water partition coefficient (Wildman–Crippen LogP) is 3.15. The lowest BCUT2D eigenvalue weighted by Crippen LogP contribution is -1.93. The standard InChI is InChI=1S/C11H13ClN2/c1-6-5-9(12)10-7(2)8(3)14(4)11(10)13-6/h5H,1-4H3. The smallest absolute Gasteiger partial charge is 0.141 e. The Morgan fingerprint density at radius 3 is 2.57 bits per heavy atom. The third-order valence-electron chi connectivity index (χ3n) is 2.82. The van der Waals surface area contributed by atoms with E-state index in [4.69, 9.17) is 11.6 Å². The van der Waals surface area contributed by atoms with Gasteiger partial charge in [0, 0.05) is 23.8 Å². The van der Waals surface area contributed by atoms with Gasteiger partial charge in [-0.15, -0.1) is 0 Å². The average molecular weight is 209 g/mol. The predicted molar refractivity (Wildman–Crippen MR) is 59.9 cm³/mol. The van der Waals surface area contributed by atoms with Crippen LogP contribution >= 0.6 is 11.6 Å². The van der Waals surface area contributed by atoms with Crippen LogP contribution in [0.25, 0.3) is 11.0 Å². The summed E-state index contributed by atoms with van der Waals surface area (Å²) in [7, 11) is 2.02. The number of pyridine rings is 1. The van der Waals surface area contributed by atoms with Crippen molar-refractivity contribution in [3.8, 4) is 0 Å². The quantitative estimate of drug-likeness (QED) is 0.651. The van der Waals surface area contributed by atoms with Crippen molar-refractivity contribution in [2.45, 2.75) is 20.8 Å². The molecule has 0 N–H and O–H groups in total. The molecule has 0 aliphatic rings. The monoisotopic (exact) mass is 208 g/mol. The first-order valence-electron chi connectivity index (χ1n) is 4.61. The van der Waals surface area contributed by atoms with E-state index in [-0.39, 0.29) is 0 Å². The molecule has 0 unspecified atom stereocenters. The van der Waals surface area contributed by atoms with Crippen LogP contribution in [-0.2, 0) is 7.05 Å². The van der Waals surface area contributed by atoms with Crippen LogP contribution in [0.5, 0.6) is 0 Å². The Kier molecular flexibility index (Phi) is 2.04. The Hall–Kier alpha value is -1.02. The van der Waals surface area contributed by atoms with Gasteiger partial charge in [-0.3, -0.25) is 0 Å². The van der Waals surface area contributed by atoms with E-state index in [1.165, 1.54) is 11.3 Å². The van der Waals surface area contributed by atoms with E-state index in [0.29, 0.717) is 0 Å². The summed E-state index contributed by atoms with van der Waals surface area (Å²) in [5, 5.41) is 1.88. The zero-order chi connectivity index (χ0) is 10.5. The van der Waals surface area contributed by atoms with Crippen LogP contribution in [0.4, 0.5) is 0 Å². The van der Waals surface area contributed by atoms with E-state index in [9.17, 15) is 0 Å². The zero-order valence-corrected chi connectivity index (χ0v) is 9.61. The number of halogens is 1. The van der Waals surface area contributed by atoms with Crippen molar-refractivity contribution in [1.29, 1.82) is 0 Å². The van der Waals surface area contributed by atoms with Crippen molar-refractivity contribution in [1.82, 2.24) is 9.55 Å². The van der Waals surface area contributed by atoms with Crippen molar-refractivity contribution < 1.29 is 0 Å². The van der Waals surface area contributed by atoms with E-state index in [1.54, 1.807) is 0 Å². The molecule has 3 heteroatoms. The van der Waals surface area contributed by atoms with Crippen molar-refractivity contribution >= 4 is 22.6 Å². The normalized spacial score (nSPS) is 11.2. The topological polar surface area (TPSA) is 17.8 Å². The molecular formula is C11H13ClN2. The second-order valence-electron chi connectivity index (χ2n) is 3.71. The molecule has 0 saturated heterocycles. The second kappa shape index (κ2) is 2.99. The molecule has 2 heterocycles. The summed E-state index contributed by atoms with van der Waals surface area (Å²) in [6.45, 7) is 6.13. The molecule has 14 heavy (non-hydrogen) atoms. The van der Waals surface area contributed by atoms with Crippen LogP contribution in [0.1, 0.15) is 17.0 Å². The number of fused-ring (bicyclic) bond motifs is 1. The second-order valence-corrected chi connectivity index (χ2v) is 4.12. The van der Waals surface area contributed by atoms with Gasteiger partial charge in [-0.2, -0.15) is 0 Å². The van der Waals surface area contributed by atoms with Gasteiger partial charge in [-0.25, -0.2) is 4.98 Å². The summed E-state index contributed by atoms with van der Waals surface area (Å²) in [4.78, 5) is 4.50. The van der Waals surface area contributed by atoms with Crippen LogP contribution in [0, 0.1) is 20.8 Å². The summed E-state index contributed by atoms with van der Waals surface area (Å²) in [6, 6.07) is 1.91. The molecular weight excluding hydrogens is 196 g/mol. The number of hydrogen-bond acceptors (Lipinski definition) is 1. The Bertz CT molecular complexity index is 512. The fourth-order valence-corrected chi connectivity index (χ4v) is 2.18. The lowest BCUT2D eigenvalue weighted by atomic mass is 10.2. The third-order valence-corrected chi connectivity index (χ3v) is 3.12. The molecule has 0 fully saturated rings. The first-order chi connectivity index (χ1) is 6.52. The van der Waals surface area contributed by atoms with E-state index >= 15 is 0 Å². The molecule has 2 aromatic rings. The van der Waals surface area contributed by atoms with E-state index in [2.05, 4.69) is 23.4 Å². The Morgan fingerprint density at radius 2 is 1.93 bits per heavy atom. The molecule has 0 aliphatic carbocycles. The van der Waals surface area contributed by atoms with Gasteiger partial charge in [0.2, 0.25) is 0 Å². The molecule has 0 aliphatic heterocycles. The van der Waals surface area contributed by atoms with Gasteiger partial charge in [-0.1, -0.05) is 11.6 Å². The first kappa shape index (κ1) is 9.53. The Morgan fingerprint density at radius 1 is 1.29 bits per heavy atom. The molecule has 2 nitrogen and oxygen atoms in total. The fourth-order valence-electron chi connectivity index (χ4n) is 1.80. The van der Waals surface area contributed by atoms with Crippen molar-refractivity contribution in [3.63, 3.8) is 0 Å². The van der Waals surface area contributed by atoms with Crippen LogP contribution in [0.15, 0.2) is 6.07 Å². The highest BCUT2D eigenvalue weighted by molar-refractivity contribution is 6.35. The number of aryl methyl sites for hydroxylation is 3. The maximum absolute atomic E-state index is 6.20. The minimum absolute atomic E-state index is 0.800. The van der Waals surface area contributed by atoms with Gasteiger partial charge < -0.3 is 4.57 Å². The maximum atomic E-state index is 6.20. The van der Waals surface area contributed by atoms with Gasteiger partial charge in [0.1, 0.15) is 5.65 Å². The van der Waals surface area contributed by atoms with Crippen LogP contribution in [-0.4, -0.2) is 9.55 Å². The third kappa shape index (κ3) is 1.14. The van der Waals surface area contributed by atoms with Crippen molar-refractivity contribution in [2.24, 2.45) is 7.05 Å². The van der Waals surface area contributed by atoms with Gasteiger partial charge in [0.15, 0.2) is 0 Å². The molecule has 0 atom stereocenters. The van der Waals surface area contributed by atoms with Crippen LogP contribution in [0.3, 0.4) is 0 Å². The van der Waals surface area contributed by atoms with E-state index in [1.807, 2.05) is 20.0 Å². The molecule has 2 rings (SSSR count). The van der Waals surface area contributed by atoms with Crippen molar-refractivity contribution in [2.75, 3.05) is 0 Å². The highest BCUT2D eigenvalue weighted by Gasteiger charge is 2.12. The lowest BCUT2D eigenvalue weighted by Gasteiger charge is -1.99. The summed E-state index contributed by atoms with van der Waals surface area (Å²) in [5.41, 5.74) is 4.38. The largest absolute Gasteiger partial charge is 0.333 e. The molecule has 0 amide bonds. The highest BCUT2D eigenvalue weighted by Crippen LogP contribution is 2.29. The number of hydrogen-bond donors (Lipinski definition) is 0. The Labute approximate surface area is 88.5 Å². The first-order valence-corrected chi connectivity index (χ1v) is 4.99. The van der Waals surface area contributed by atoms with Gasteiger partial charge in [0.25, 0.3) is 0 Å². The average Bonchev–Trinajstić information content (AvgIpc) is 2.31. The molecule has 0 saturated carbocycles. The molecule has 2 aromatic heterocycles. The summed E-state index contributed by atoms with van der Waals surface area (Å²) in [6.07, 6.45) is 0. The van der Waals surface area contributed by atoms with E-state index in [0.717, 1.165) is 21.7 Å². The minimum atomic E-state index is 0.800. The number of aromatic nitrogens is 2. The highest BCUT2D eigenvalue weighted by atomic mass is 35.5. The van der Waals surface area contributed by atoms with Gasteiger partial charge in [0.05, 0.1) is 5.02 Å². The minimum Gasteiger partial charge on any atom is -0.333 e. The number of nitrogens with zero attached hydrogens (tertiary/aromatic N) is 2. The molecule has 0 bridgehead atoms. The summed E-state index contributed by atoms with van der Waals surface area (Å²) < 4.78 is 2.09. The SMILES string of the molecule is Cc1cc(Cl)c2c(C)c(C)n(C)c2n1. The van der Waals surface area contributed by atoms with Gasteiger partial charge in [-0.05, 0) is 32.4 Å². The molecule has 0 radical (unpaired) electrons. The lowest BCUT2D eigenvalue weighted by molar-refractivity contribution is 0.892. The zero-order valence-electron chi connectivity index (χ0n) is 8.85. The fraction of sp³-hybridized carbons (Fsp3) is 0.364. The van der Waals surface area contributed by atoms with E-state index < -0.39 is 0 Å². The van der Waals surface area contributed by atoms with Gasteiger partial charge >= 0.3 is 0 Å². The maximum Gasteiger partial charge on any atom is 0.141 e. The molecule has 74 valence electrons. The summed E-state index contributed by atoms with van der Waals surface area (Å²) >= 11 is 6.20.